The van der Waals surface area contributed by atoms with Gasteiger partial charge in [-0.25, -0.2) is 4.98 Å². The van der Waals surface area contributed by atoms with E-state index in [-0.39, 0.29) is 30.5 Å². The minimum atomic E-state index is -0.296. The molecule has 0 saturated carbocycles. The summed E-state index contributed by atoms with van der Waals surface area (Å²) in [6.07, 6.45) is 0. The van der Waals surface area contributed by atoms with Crippen molar-refractivity contribution in [2.75, 3.05) is 37.9 Å². The zero-order chi connectivity index (χ0) is 24.0. The molecule has 0 fully saturated rings. The molecule has 0 bridgehead atoms. The summed E-state index contributed by atoms with van der Waals surface area (Å²) in [7, 11) is 3.02. The number of hydrogen-bond acceptors (Lipinski definition) is 7. The SMILES string of the molecule is CCN(CC(=O)Nc1ccc(NC(C)=O)cc1)Cc1nc2cc(OC)c(OC)cc2c(=O)[nH]1. The smallest absolute Gasteiger partial charge is 0.258 e. The molecule has 0 aliphatic carbocycles. The van der Waals surface area contributed by atoms with Gasteiger partial charge in [-0.3, -0.25) is 19.3 Å². The zero-order valence-corrected chi connectivity index (χ0v) is 19.0. The Morgan fingerprint density at radius 1 is 1.03 bits per heavy atom. The molecule has 0 radical (unpaired) electrons. The van der Waals surface area contributed by atoms with Crippen molar-refractivity contribution in [1.82, 2.24) is 14.9 Å². The van der Waals surface area contributed by atoms with Crippen LogP contribution in [0.1, 0.15) is 19.7 Å². The lowest BCUT2D eigenvalue weighted by atomic mass is 10.2. The van der Waals surface area contributed by atoms with Crippen LogP contribution in [-0.2, 0) is 16.1 Å². The van der Waals surface area contributed by atoms with Gasteiger partial charge in [0.05, 0.1) is 38.2 Å². The molecule has 2 amide bonds. The summed E-state index contributed by atoms with van der Waals surface area (Å²) >= 11 is 0. The van der Waals surface area contributed by atoms with E-state index in [1.54, 1.807) is 36.4 Å². The fraction of sp³-hybridized carbons (Fsp3) is 0.304. The molecule has 1 heterocycles. The first kappa shape index (κ1) is 23.7. The van der Waals surface area contributed by atoms with Gasteiger partial charge in [-0.1, -0.05) is 6.92 Å². The van der Waals surface area contributed by atoms with Gasteiger partial charge in [0, 0.05) is 24.4 Å². The monoisotopic (exact) mass is 453 g/mol. The molecule has 0 spiro atoms. The van der Waals surface area contributed by atoms with E-state index in [1.807, 2.05) is 11.8 Å². The predicted octanol–water partition coefficient (Wildman–Crippen LogP) is 2.36. The van der Waals surface area contributed by atoms with Gasteiger partial charge in [0.1, 0.15) is 5.82 Å². The second-order valence-corrected chi connectivity index (χ2v) is 7.35. The molecule has 1 aromatic heterocycles. The molecular formula is C23H27N5O5. The number of hydrogen-bond donors (Lipinski definition) is 3. The van der Waals surface area contributed by atoms with Crippen molar-refractivity contribution in [3.8, 4) is 11.5 Å². The van der Waals surface area contributed by atoms with Crippen molar-refractivity contribution in [3.63, 3.8) is 0 Å². The van der Waals surface area contributed by atoms with Crippen molar-refractivity contribution in [1.29, 1.82) is 0 Å². The Morgan fingerprint density at radius 3 is 2.21 bits per heavy atom. The van der Waals surface area contributed by atoms with Crippen LogP contribution in [0.5, 0.6) is 11.5 Å². The van der Waals surface area contributed by atoms with Gasteiger partial charge in [-0.2, -0.15) is 0 Å². The van der Waals surface area contributed by atoms with Crippen LogP contribution in [0.25, 0.3) is 10.9 Å². The van der Waals surface area contributed by atoms with Crippen LogP contribution in [-0.4, -0.2) is 54.0 Å². The number of fused-ring (bicyclic) bond motifs is 1. The van der Waals surface area contributed by atoms with E-state index in [0.29, 0.717) is 46.1 Å². The number of benzene rings is 2. The van der Waals surface area contributed by atoms with E-state index in [9.17, 15) is 14.4 Å². The fourth-order valence-corrected chi connectivity index (χ4v) is 3.32. The lowest BCUT2D eigenvalue weighted by Gasteiger charge is -2.19. The quantitative estimate of drug-likeness (QED) is 0.454. The molecule has 0 saturated heterocycles. The van der Waals surface area contributed by atoms with Crippen LogP contribution in [0.4, 0.5) is 11.4 Å². The zero-order valence-electron chi connectivity index (χ0n) is 19.0. The summed E-state index contributed by atoms with van der Waals surface area (Å²) < 4.78 is 10.6. The molecule has 0 aliphatic heterocycles. The highest BCUT2D eigenvalue weighted by atomic mass is 16.5. The van der Waals surface area contributed by atoms with Gasteiger partial charge in [0.15, 0.2) is 11.5 Å². The Bertz CT molecular complexity index is 1210. The van der Waals surface area contributed by atoms with Crippen LogP contribution in [0, 0.1) is 0 Å². The average Bonchev–Trinajstić information content (AvgIpc) is 2.78. The number of nitrogens with zero attached hydrogens (tertiary/aromatic N) is 2. The summed E-state index contributed by atoms with van der Waals surface area (Å²) in [6, 6.07) is 10.1. The maximum Gasteiger partial charge on any atom is 0.258 e. The van der Waals surface area contributed by atoms with E-state index in [4.69, 9.17) is 9.47 Å². The number of rotatable bonds is 9. The van der Waals surface area contributed by atoms with Crippen LogP contribution in [0.2, 0.25) is 0 Å². The summed E-state index contributed by atoms with van der Waals surface area (Å²) in [5, 5.41) is 5.89. The van der Waals surface area contributed by atoms with Gasteiger partial charge in [0.25, 0.3) is 5.56 Å². The van der Waals surface area contributed by atoms with Crippen LogP contribution in [0.15, 0.2) is 41.2 Å². The van der Waals surface area contributed by atoms with Crippen LogP contribution < -0.4 is 25.7 Å². The number of likely N-dealkylation sites (N-methyl/N-ethyl adjacent to an activating group) is 1. The molecule has 10 heteroatoms. The molecule has 0 atom stereocenters. The Hall–Kier alpha value is -3.92. The van der Waals surface area contributed by atoms with E-state index < -0.39 is 0 Å². The molecule has 0 aliphatic rings. The number of H-pyrrole nitrogens is 1. The van der Waals surface area contributed by atoms with Crippen LogP contribution in [0.3, 0.4) is 0 Å². The Kier molecular flexibility index (Phi) is 7.62. The maximum absolute atomic E-state index is 12.6. The minimum Gasteiger partial charge on any atom is -0.493 e. The third-order valence-corrected chi connectivity index (χ3v) is 4.94. The largest absolute Gasteiger partial charge is 0.493 e. The van der Waals surface area contributed by atoms with Gasteiger partial charge in [-0.05, 0) is 36.9 Å². The van der Waals surface area contributed by atoms with E-state index in [0.717, 1.165) is 0 Å². The first-order valence-corrected chi connectivity index (χ1v) is 10.4. The van der Waals surface area contributed by atoms with Crippen molar-refractivity contribution in [3.05, 3.63) is 52.6 Å². The minimum absolute atomic E-state index is 0.109. The summed E-state index contributed by atoms with van der Waals surface area (Å²) in [5.41, 5.74) is 1.45. The Labute approximate surface area is 190 Å². The number of carbonyl (C=O) groups excluding carboxylic acids is 2. The number of ether oxygens (including phenoxy) is 2. The number of aromatic nitrogens is 2. The highest BCUT2D eigenvalue weighted by Crippen LogP contribution is 2.29. The number of nitrogens with one attached hydrogen (secondary N) is 3. The average molecular weight is 453 g/mol. The molecular weight excluding hydrogens is 426 g/mol. The summed E-state index contributed by atoms with van der Waals surface area (Å²) in [6.45, 7) is 4.31. The maximum atomic E-state index is 12.6. The lowest BCUT2D eigenvalue weighted by Crippen LogP contribution is -2.33. The number of amides is 2. The van der Waals surface area contributed by atoms with Crippen LogP contribution >= 0.6 is 0 Å². The van der Waals surface area contributed by atoms with Crippen molar-refractivity contribution in [2.45, 2.75) is 20.4 Å². The summed E-state index contributed by atoms with van der Waals surface area (Å²) in [5.74, 6) is 0.989. The topological polar surface area (TPSA) is 126 Å². The summed E-state index contributed by atoms with van der Waals surface area (Å²) in [4.78, 5) is 45.4. The molecule has 3 N–H and O–H groups in total. The Balaban J connectivity index is 1.70. The number of anilines is 2. The second kappa shape index (κ2) is 10.6. The van der Waals surface area contributed by atoms with Crippen molar-refractivity contribution < 1.29 is 19.1 Å². The highest BCUT2D eigenvalue weighted by molar-refractivity contribution is 5.93. The third kappa shape index (κ3) is 6.07. The van der Waals surface area contributed by atoms with Gasteiger partial charge in [-0.15, -0.1) is 0 Å². The molecule has 0 unspecified atom stereocenters. The molecule has 3 aromatic rings. The number of methoxy groups -OCH3 is 2. The van der Waals surface area contributed by atoms with E-state index in [1.165, 1.54) is 21.1 Å². The molecule has 10 nitrogen and oxygen atoms in total. The van der Waals surface area contributed by atoms with Crippen molar-refractivity contribution >= 4 is 34.1 Å². The predicted molar refractivity (Wildman–Crippen MR) is 126 cm³/mol. The van der Waals surface area contributed by atoms with Crippen molar-refractivity contribution in [2.24, 2.45) is 0 Å². The molecule has 3 rings (SSSR count). The molecule has 33 heavy (non-hydrogen) atoms. The fourth-order valence-electron chi connectivity index (χ4n) is 3.32. The molecule has 174 valence electrons. The molecule has 2 aromatic carbocycles. The lowest BCUT2D eigenvalue weighted by molar-refractivity contribution is -0.117. The van der Waals surface area contributed by atoms with Gasteiger partial charge >= 0.3 is 0 Å². The number of aromatic amines is 1. The van der Waals surface area contributed by atoms with Gasteiger partial charge < -0.3 is 25.1 Å². The van der Waals surface area contributed by atoms with E-state index >= 15 is 0 Å². The Morgan fingerprint density at radius 2 is 1.64 bits per heavy atom. The van der Waals surface area contributed by atoms with Gasteiger partial charge in [0.2, 0.25) is 11.8 Å². The highest BCUT2D eigenvalue weighted by Gasteiger charge is 2.15. The number of carbonyl (C=O) groups is 2. The van der Waals surface area contributed by atoms with E-state index in [2.05, 4.69) is 20.6 Å². The second-order valence-electron chi connectivity index (χ2n) is 7.35. The first-order valence-electron chi connectivity index (χ1n) is 10.4. The normalized spacial score (nSPS) is 10.8. The standard InChI is InChI=1S/C23H27N5O5/c1-5-28(13-22(30)25-16-8-6-15(7-9-16)24-14(2)29)12-21-26-18-11-20(33-4)19(32-3)10-17(18)23(31)27-21/h6-11H,5,12-13H2,1-4H3,(H,24,29)(H,25,30)(H,26,27,31). The first-order chi connectivity index (χ1) is 15.8. The third-order valence-electron chi connectivity index (χ3n) is 4.94.